The number of aromatic nitrogens is 2. The summed E-state index contributed by atoms with van der Waals surface area (Å²) in [6.45, 7) is 1.58. The minimum Gasteiger partial charge on any atom is -0.318 e. The molecule has 1 atom stereocenters. The van der Waals surface area contributed by atoms with Crippen molar-refractivity contribution in [3.63, 3.8) is 0 Å². The van der Waals surface area contributed by atoms with E-state index in [1.54, 1.807) is 6.92 Å². The first kappa shape index (κ1) is 8.61. The predicted molar refractivity (Wildman–Crippen MR) is 46.1 cm³/mol. The number of hydrogen-bond acceptors (Lipinski definition) is 4. The SMILES string of the molecule is C[C@]1(c2cnccn2)NC(=O)NC1=O. The van der Waals surface area contributed by atoms with Crippen molar-refractivity contribution in [1.29, 1.82) is 0 Å². The summed E-state index contributed by atoms with van der Waals surface area (Å²) in [5, 5.41) is 4.64. The fraction of sp³-hybridized carbons (Fsp3) is 0.250. The molecule has 1 aromatic heterocycles. The molecular weight excluding hydrogens is 184 g/mol. The molecule has 2 heterocycles. The second-order valence-electron chi connectivity index (χ2n) is 3.12. The maximum absolute atomic E-state index is 11.4. The van der Waals surface area contributed by atoms with Gasteiger partial charge in [0.1, 0.15) is 0 Å². The lowest BCUT2D eigenvalue weighted by atomic mass is 9.99. The molecule has 0 saturated carbocycles. The molecule has 1 saturated heterocycles. The molecule has 6 nitrogen and oxygen atoms in total. The Balaban J connectivity index is 2.43. The minimum atomic E-state index is -1.11. The van der Waals surface area contributed by atoms with E-state index in [0.717, 1.165) is 0 Å². The van der Waals surface area contributed by atoms with Crippen molar-refractivity contribution in [3.8, 4) is 0 Å². The van der Waals surface area contributed by atoms with Gasteiger partial charge in [0.05, 0.1) is 11.9 Å². The second-order valence-corrected chi connectivity index (χ2v) is 3.12. The van der Waals surface area contributed by atoms with Crippen molar-refractivity contribution < 1.29 is 9.59 Å². The van der Waals surface area contributed by atoms with Crippen LogP contribution in [0.15, 0.2) is 18.6 Å². The largest absolute Gasteiger partial charge is 0.322 e. The highest BCUT2D eigenvalue weighted by atomic mass is 16.2. The lowest BCUT2D eigenvalue weighted by Crippen LogP contribution is -2.41. The number of urea groups is 1. The van der Waals surface area contributed by atoms with Gasteiger partial charge in [-0.15, -0.1) is 0 Å². The summed E-state index contributed by atoms with van der Waals surface area (Å²) in [6.07, 6.45) is 4.42. The van der Waals surface area contributed by atoms with Crippen molar-refractivity contribution >= 4 is 11.9 Å². The zero-order valence-corrected chi connectivity index (χ0v) is 7.44. The molecule has 2 N–H and O–H groups in total. The van der Waals surface area contributed by atoms with Crippen molar-refractivity contribution in [2.24, 2.45) is 0 Å². The monoisotopic (exact) mass is 192 g/mol. The normalized spacial score (nSPS) is 25.8. The lowest BCUT2D eigenvalue weighted by molar-refractivity contribution is -0.123. The van der Waals surface area contributed by atoms with Crippen LogP contribution in [-0.2, 0) is 10.3 Å². The molecule has 1 fully saturated rings. The first-order chi connectivity index (χ1) is 6.63. The van der Waals surface area contributed by atoms with E-state index in [2.05, 4.69) is 20.6 Å². The average Bonchev–Trinajstić information content (AvgIpc) is 2.43. The van der Waals surface area contributed by atoms with Crippen LogP contribution < -0.4 is 10.6 Å². The first-order valence-corrected chi connectivity index (χ1v) is 4.03. The molecule has 72 valence electrons. The summed E-state index contributed by atoms with van der Waals surface area (Å²) in [6, 6.07) is -0.511. The Kier molecular flexibility index (Phi) is 1.70. The average molecular weight is 192 g/mol. The molecule has 1 aliphatic heterocycles. The molecule has 0 aromatic carbocycles. The van der Waals surface area contributed by atoms with Crippen LogP contribution in [0, 0.1) is 0 Å². The van der Waals surface area contributed by atoms with Gasteiger partial charge in [0.15, 0.2) is 5.54 Å². The van der Waals surface area contributed by atoms with Gasteiger partial charge in [0.2, 0.25) is 0 Å². The molecule has 1 aromatic rings. The molecule has 14 heavy (non-hydrogen) atoms. The summed E-state index contributed by atoms with van der Waals surface area (Å²) >= 11 is 0. The van der Waals surface area contributed by atoms with Crippen LogP contribution in [-0.4, -0.2) is 21.9 Å². The van der Waals surface area contributed by atoms with Crippen molar-refractivity contribution in [2.45, 2.75) is 12.5 Å². The van der Waals surface area contributed by atoms with Crippen LogP contribution in [0.2, 0.25) is 0 Å². The van der Waals surface area contributed by atoms with E-state index >= 15 is 0 Å². The number of amides is 3. The van der Waals surface area contributed by atoms with Gasteiger partial charge < -0.3 is 5.32 Å². The Hall–Kier alpha value is -1.98. The summed E-state index contributed by atoms with van der Waals surface area (Å²) < 4.78 is 0. The molecule has 0 spiro atoms. The smallest absolute Gasteiger partial charge is 0.318 e. The fourth-order valence-corrected chi connectivity index (χ4v) is 1.28. The summed E-state index contributed by atoms with van der Waals surface area (Å²) in [5.74, 6) is -0.414. The van der Waals surface area contributed by atoms with Gasteiger partial charge in [0.25, 0.3) is 5.91 Å². The third-order valence-corrected chi connectivity index (χ3v) is 2.12. The van der Waals surface area contributed by atoms with E-state index in [0.29, 0.717) is 5.69 Å². The van der Waals surface area contributed by atoms with Gasteiger partial charge in [-0.05, 0) is 6.92 Å². The van der Waals surface area contributed by atoms with E-state index in [1.807, 2.05) is 0 Å². The fourth-order valence-electron chi connectivity index (χ4n) is 1.28. The zero-order chi connectivity index (χ0) is 10.2. The highest BCUT2D eigenvalue weighted by Gasteiger charge is 2.44. The van der Waals surface area contributed by atoms with E-state index in [-0.39, 0.29) is 0 Å². The molecular formula is C8H8N4O2. The van der Waals surface area contributed by atoms with Gasteiger partial charge in [-0.2, -0.15) is 0 Å². The lowest BCUT2D eigenvalue weighted by Gasteiger charge is -2.18. The van der Waals surface area contributed by atoms with Crippen LogP contribution in [0.25, 0.3) is 0 Å². The highest BCUT2D eigenvalue weighted by Crippen LogP contribution is 2.20. The summed E-state index contributed by atoms with van der Waals surface area (Å²) in [4.78, 5) is 30.2. The second kappa shape index (κ2) is 2.76. The van der Waals surface area contributed by atoms with Crippen LogP contribution in [0.4, 0.5) is 4.79 Å². The standard InChI is InChI=1S/C8H8N4O2/c1-8(5-4-9-2-3-10-5)6(13)11-7(14)12-8/h2-4H,1H3,(H2,11,12,13,14)/t8-/m1/s1. The number of carbonyl (C=O) groups excluding carboxylic acids is 2. The molecule has 0 aliphatic carbocycles. The highest BCUT2D eigenvalue weighted by molar-refractivity contribution is 6.06. The van der Waals surface area contributed by atoms with Crippen LogP contribution in [0.3, 0.4) is 0 Å². The van der Waals surface area contributed by atoms with Gasteiger partial charge >= 0.3 is 6.03 Å². The molecule has 3 amide bonds. The molecule has 0 unspecified atom stereocenters. The Morgan fingerprint density at radius 1 is 1.36 bits per heavy atom. The van der Waals surface area contributed by atoms with Crippen molar-refractivity contribution in [1.82, 2.24) is 20.6 Å². The molecule has 0 bridgehead atoms. The van der Waals surface area contributed by atoms with Crippen molar-refractivity contribution in [3.05, 3.63) is 24.3 Å². The van der Waals surface area contributed by atoms with Gasteiger partial charge in [-0.3, -0.25) is 20.1 Å². The number of nitrogens with zero attached hydrogens (tertiary/aromatic N) is 2. The predicted octanol–water partition coefficient (Wildman–Crippen LogP) is -0.469. The Morgan fingerprint density at radius 3 is 2.64 bits per heavy atom. The number of rotatable bonds is 1. The quantitative estimate of drug-likeness (QED) is 0.589. The van der Waals surface area contributed by atoms with Crippen molar-refractivity contribution in [2.75, 3.05) is 0 Å². The molecule has 0 radical (unpaired) electrons. The molecule has 6 heteroatoms. The maximum Gasteiger partial charge on any atom is 0.322 e. The van der Waals surface area contributed by atoms with E-state index in [1.165, 1.54) is 18.6 Å². The van der Waals surface area contributed by atoms with E-state index < -0.39 is 17.5 Å². The maximum atomic E-state index is 11.4. The third kappa shape index (κ3) is 1.12. The number of nitrogens with one attached hydrogen (secondary N) is 2. The zero-order valence-electron chi connectivity index (χ0n) is 7.44. The number of imide groups is 1. The van der Waals surface area contributed by atoms with Crippen LogP contribution in [0.1, 0.15) is 12.6 Å². The Morgan fingerprint density at radius 2 is 2.14 bits per heavy atom. The Bertz CT molecular complexity index is 392. The number of carbonyl (C=O) groups is 2. The summed E-state index contributed by atoms with van der Waals surface area (Å²) in [5.41, 5.74) is -0.686. The minimum absolute atomic E-state index is 0.414. The molecule has 1 aliphatic rings. The van der Waals surface area contributed by atoms with Gasteiger partial charge in [-0.25, -0.2) is 4.79 Å². The van der Waals surface area contributed by atoms with E-state index in [9.17, 15) is 9.59 Å². The third-order valence-electron chi connectivity index (χ3n) is 2.12. The number of hydrogen-bond donors (Lipinski definition) is 2. The summed E-state index contributed by atoms with van der Waals surface area (Å²) in [7, 11) is 0. The van der Waals surface area contributed by atoms with Gasteiger partial charge in [0, 0.05) is 12.4 Å². The first-order valence-electron chi connectivity index (χ1n) is 4.03. The Labute approximate surface area is 79.7 Å². The van der Waals surface area contributed by atoms with Crippen LogP contribution in [0.5, 0.6) is 0 Å². The van der Waals surface area contributed by atoms with Crippen LogP contribution >= 0.6 is 0 Å². The van der Waals surface area contributed by atoms with Gasteiger partial charge in [-0.1, -0.05) is 0 Å². The molecule has 2 rings (SSSR count). The van der Waals surface area contributed by atoms with E-state index in [4.69, 9.17) is 0 Å². The topological polar surface area (TPSA) is 84.0 Å².